The molecule has 0 aromatic heterocycles. The van der Waals surface area contributed by atoms with Gasteiger partial charge >= 0.3 is 0 Å². The summed E-state index contributed by atoms with van der Waals surface area (Å²) in [4.78, 5) is 0. The number of hydrogen-bond donors (Lipinski definition) is 1. The van der Waals surface area contributed by atoms with Crippen molar-refractivity contribution in [2.45, 2.75) is 44.5 Å². The first-order valence-electron chi connectivity index (χ1n) is 6.17. The van der Waals surface area contributed by atoms with Gasteiger partial charge in [-0.25, -0.2) is 4.39 Å². The average molecular weight is 249 g/mol. The largest absolute Gasteiger partial charge is 0.393 e. The van der Waals surface area contributed by atoms with Gasteiger partial charge in [0.2, 0.25) is 0 Å². The summed E-state index contributed by atoms with van der Waals surface area (Å²) in [5, 5.41) is 18.0. The minimum atomic E-state index is -0.398. The lowest BCUT2D eigenvalue weighted by atomic mass is 9.95. The fraction of sp³-hybridized carbons (Fsp3) is 0.500. The van der Waals surface area contributed by atoms with Crippen LogP contribution in [0.1, 0.15) is 36.8 Å². The number of aliphatic hydroxyl groups excluding tert-OH is 1. The molecule has 0 amide bonds. The predicted molar refractivity (Wildman–Crippen MR) is 64.2 cm³/mol. The van der Waals surface area contributed by atoms with Gasteiger partial charge in [0.15, 0.2) is 0 Å². The van der Waals surface area contributed by atoms with Crippen LogP contribution in [0.3, 0.4) is 0 Å². The smallest absolute Gasteiger partial charge is 0.130 e. The van der Waals surface area contributed by atoms with E-state index in [4.69, 9.17) is 10.00 Å². The van der Waals surface area contributed by atoms with E-state index in [0.29, 0.717) is 11.1 Å². The Morgan fingerprint density at radius 1 is 1.33 bits per heavy atom. The number of nitriles is 1. The van der Waals surface area contributed by atoms with Gasteiger partial charge in [0, 0.05) is 5.56 Å². The number of halogens is 1. The van der Waals surface area contributed by atoms with Crippen molar-refractivity contribution in [3.63, 3.8) is 0 Å². The van der Waals surface area contributed by atoms with Crippen molar-refractivity contribution in [2.75, 3.05) is 0 Å². The molecule has 1 aliphatic rings. The maximum atomic E-state index is 13.6. The highest BCUT2D eigenvalue weighted by Crippen LogP contribution is 2.22. The molecule has 96 valence electrons. The van der Waals surface area contributed by atoms with Crippen molar-refractivity contribution in [2.24, 2.45) is 0 Å². The van der Waals surface area contributed by atoms with E-state index in [1.165, 1.54) is 6.07 Å². The van der Waals surface area contributed by atoms with Gasteiger partial charge in [-0.05, 0) is 37.8 Å². The topological polar surface area (TPSA) is 53.2 Å². The van der Waals surface area contributed by atoms with E-state index in [-0.39, 0.29) is 18.8 Å². The molecule has 1 saturated carbocycles. The van der Waals surface area contributed by atoms with E-state index in [0.717, 1.165) is 25.7 Å². The Hall–Kier alpha value is -1.44. The van der Waals surface area contributed by atoms with E-state index < -0.39 is 5.82 Å². The summed E-state index contributed by atoms with van der Waals surface area (Å²) in [5.41, 5.74) is 0.789. The summed E-state index contributed by atoms with van der Waals surface area (Å²) in [5.74, 6) is -0.398. The van der Waals surface area contributed by atoms with E-state index in [1.807, 2.05) is 6.07 Å². The molecule has 1 aromatic rings. The van der Waals surface area contributed by atoms with Gasteiger partial charge in [-0.3, -0.25) is 0 Å². The molecular weight excluding hydrogens is 233 g/mol. The van der Waals surface area contributed by atoms with E-state index in [9.17, 15) is 9.50 Å². The summed E-state index contributed by atoms with van der Waals surface area (Å²) in [7, 11) is 0. The van der Waals surface area contributed by atoms with Crippen LogP contribution in [0.15, 0.2) is 18.2 Å². The maximum Gasteiger partial charge on any atom is 0.130 e. The zero-order chi connectivity index (χ0) is 13.0. The summed E-state index contributed by atoms with van der Waals surface area (Å²) in [6, 6.07) is 6.30. The molecule has 1 fully saturated rings. The number of rotatable bonds is 3. The molecule has 0 bridgehead atoms. The first kappa shape index (κ1) is 13.0. The van der Waals surface area contributed by atoms with Crippen LogP contribution in [-0.4, -0.2) is 17.3 Å². The lowest BCUT2D eigenvalue weighted by Gasteiger charge is -2.25. The van der Waals surface area contributed by atoms with E-state index in [2.05, 4.69) is 0 Å². The molecule has 0 saturated heterocycles. The van der Waals surface area contributed by atoms with Gasteiger partial charge in [0.25, 0.3) is 0 Å². The molecular formula is C14H16FNO2. The highest BCUT2D eigenvalue weighted by molar-refractivity contribution is 5.32. The van der Waals surface area contributed by atoms with Gasteiger partial charge in [0.05, 0.1) is 30.4 Å². The summed E-state index contributed by atoms with van der Waals surface area (Å²) in [6.45, 7) is 0.221. The van der Waals surface area contributed by atoms with Crippen LogP contribution >= 0.6 is 0 Å². The number of hydrogen-bond acceptors (Lipinski definition) is 3. The molecule has 0 radical (unpaired) electrons. The summed E-state index contributed by atoms with van der Waals surface area (Å²) in [6.07, 6.45) is 3.03. The second-order valence-corrected chi connectivity index (χ2v) is 4.66. The molecule has 0 aliphatic heterocycles. The Balaban J connectivity index is 1.89. The molecule has 1 aliphatic carbocycles. The Labute approximate surface area is 106 Å². The van der Waals surface area contributed by atoms with Gasteiger partial charge in [0.1, 0.15) is 5.82 Å². The highest BCUT2D eigenvalue weighted by atomic mass is 19.1. The van der Waals surface area contributed by atoms with E-state index in [1.54, 1.807) is 12.1 Å². The second kappa shape index (κ2) is 5.94. The average Bonchev–Trinajstić information content (AvgIpc) is 2.39. The molecule has 1 aromatic carbocycles. The molecule has 3 nitrogen and oxygen atoms in total. The van der Waals surface area contributed by atoms with Crippen molar-refractivity contribution < 1.29 is 14.2 Å². The van der Waals surface area contributed by atoms with Crippen LogP contribution in [0.25, 0.3) is 0 Å². The van der Waals surface area contributed by atoms with Gasteiger partial charge in [-0.15, -0.1) is 0 Å². The highest BCUT2D eigenvalue weighted by Gasteiger charge is 2.20. The zero-order valence-electron chi connectivity index (χ0n) is 10.1. The molecule has 1 N–H and O–H groups in total. The molecule has 4 heteroatoms. The lowest BCUT2D eigenvalue weighted by molar-refractivity contribution is -0.0127. The van der Waals surface area contributed by atoms with Crippen molar-refractivity contribution in [1.82, 2.24) is 0 Å². The summed E-state index contributed by atoms with van der Waals surface area (Å²) >= 11 is 0. The van der Waals surface area contributed by atoms with Gasteiger partial charge in [-0.1, -0.05) is 6.07 Å². The third-order valence-corrected chi connectivity index (χ3v) is 3.30. The van der Waals surface area contributed by atoms with Crippen molar-refractivity contribution in [3.05, 3.63) is 35.1 Å². The predicted octanol–water partition coefficient (Wildman–Crippen LogP) is 2.52. The first-order valence-corrected chi connectivity index (χ1v) is 6.17. The molecule has 0 spiro atoms. The quantitative estimate of drug-likeness (QED) is 0.895. The molecule has 2 rings (SSSR count). The third-order valence-electron chi connectivity index (χ3n) is 3.30. The fourth-order valence-corrected chi connectivity index (χ4v) is 2.15. The van der Waals surface area contributed by atoms with Crippen LogP contribution in [0, 0.1) is 17.1 Å². The number of aliphatic hydroxyl groups is 1. The Kier molecular flexibility index (Phi) is 4.29. The Morgan fingerprint density at radius 2 is 2.06 bits per heavy atom. The molecule has 0 unspecified atom stereocenters. The second-order valence-electron chi connectivity index (χ2n) is 4.66. The zero-order valence-corrected chi connectivity index (χ0v) is 10.1. The van der Waals surface area contributed by atoms with Crippen LogP contribution in [0.4, 0.5) is 4.39 Å². The molecule has 0 atom stereocenters. The number of benzene rings is 1. The summed E-state index contributed by atoms with van der Waals surface area (Å²) < 4.78 is 19.2. The normalized spacial score (nSPS) is 23.6. The van der Waals surface area contributed by atoms with E-state index >= 15 is 0 Å². The Bertz CT molecular complexity index is 448. The molecule has 0 heterocycles. The number of nitrogens with zero attached hydrogens (tertiary/aromatic N) is 1. The van der Waals surface area contributed by atoms with Crippen LogP contribution < -0.4 is 0 Å². The SMILES string of the molecule is N#Cc1ccc(COC2CCC(O)CC2)c(F)c1. The third kappa shape index (κ3) is 3.28. The van der Waals surface area contributed by atoms with Crippen LogP contribution in [0.2, 0.25) is 0 Å². The minimum absolute atomic E-state index is 0.100. The van der Waals surface area contributed by atoms with Crippen molar-refractivity contribution >= 4 is 0 Å². The fourth-order valence-electron chi connectivity index (χ4n) is 2.15. The number of ether oxygens (including phenoxy) is 1. The standard InChI is InChI=1S/C14H16FNO2/c15-14-7-10(8-16)1-2-11(14)9-18-13-5-3-12(17)4-6-13/h1-2,7,12-13,17H,3-6,9H2. The van der Waals surface area contributed by atoms with Crippen LogP contribution in [0.5, 0.6) is 0 Å². The molecule has 18 heavy (non-hydrogen) atoms. The van der Waals surface area contributed by atoms with Crippen molar-refractivity contribution in [1.29, 1.82) is 5.26 Å². The lowest BCUT2D eigenvalue weighted by Crippen LogP contribution is -2.24. The van der Waals surface area contributed by atoms with Crippen molar-refractivity contribution in [3.8, 4) is 6.07 Å². The first-order chi connectivity index (χ1) is 8.69. The Morgan fingerprint density at radius 3 is 2.67 bits per heavy atom. The van der Waals surface area contributed by atoms with Crippen LogP contribution in [-0.2, 0) is 11.3 Å². The van der Waals surface area contributed by atoms with Gasteiger partial charge < -0.3 is 9.84 Å². The maximum absolute atomic E-state index is 13.6. The minimum Gasteiger partial charge on any atom is -0.393 e. The monoisotopic (exact) mass is 249 g/mol. The van der Waals surface area contributed by atoms with Gasteiger partial charge in [-0.2, -0.15) is 5.26 Å².